The zero-order valence-electron chi connectivity index (χ0n) is 20.5. The van der Waals surface area contributed by atoms with Gasteiger partial charge in [-0.05, 0) is 43.3 Å². The van der Waals surface area contributed by atoms with Crippen LogP contribution in [0.1, 0.15) is 19.8 Å². The van der Waals surface area contributed by atoms with E-state index in [-0.39, 0.29) is 12.0 Å². The Morgan fingerprint density at radius 1 is 1.22 bits per heavy atom. The zero-order valence-corrected chi connectivity index (χ0v) is 22.1. The number of carbonyl (C=O) groups is 1. The molecule has 1 fully saturated rings. The number of anilines is 1. The maximum atomic E-state index is 13.3. The van der Waals surface area contributed by atoms with Crippen LogP contribution in [0.2, 0.25) is 0 Å². The van der Waals surface area contributed by atoms with Crippen LogP contribution >= 0.6 is 23.1 Å². The Kier molecular flexibility index (Phi) is 6.62. The van der Waals surface area contributed by atoms with Gasteiger partial charge < -0.3 is 19.2 Å². The van der Waals surface area contributed by atoms with Gasteiger partial charge in [-0.2, -0.15) is 0 Å². The first-order chi connectivity index (χ1) is 18.1. The van der Waals surface area contributed by atoms with E-state index in [0.717, 1.165) is 46.5 Å². The minimum Gasteiger partial charge on any atom is -0.495 e. The first-order valence-corrected chi connectivity index (χ1v) is 13.9. The molecule has 1 N–H and O–H groups in total. The molecule has 4 heterocycles. The lowest BCUT2D eigenvalue weighted by molar-refractivity contribution is -0.115. The second kappa shape index (κ2) is 10.2. The summed E-state index contributed by atoms with van der Waals surface area (Å²) in [6.07, 6.45) is 2.18. The highest BCUT2D eigenvalue weighted by Crippen LogP contribution is 2.37. The molecule has 3 aromatic heterocycles. The third-order valence-electron chi connectivity index (χ3n) is 6.48. The number of nitrogens with one attached hydrogen (secondary N) is 1. The number of benzene rings is 2. The van der Waals surface area contributed by atoms with E-state index >= 15 is 0 Å². The van der Waals surface area contributed by atoms with Crippen molar-refractivity contribution in [3.63, 3.8) is 0 Å². The molecular weight excluding hydrogens is 508 g/mol. The smallest absolute Gasteiger partial charge is 0.237 e. The van der Waals surface area contributed by atoms with Gasteiger partial charge in [0.25, 0.3) is 0 Å². The minimum atomic E-state index is -0.431. The fourth-order valence-electron chi connectivity index (χ4n) is 4.58. The van der Waals surface area contributed by atoms with Gasteiger partial charge in [0.15, 0.2) is 11.0 Å². The highest BCUT2D eigenvalue weighted by molar-refractivity contribution is 8.00. The lowest BCUT2D eigenvalue weighted by atomic mass is 10.1. The molecule has 1 amide bonds. The van der Waals surface area contributed by atoms with Crippen LogP contribution in [0.15, 0.2) is 63.5 Å². The van der Waals surface area contributed by atoms with Crippen molar-refractivity contribution in [3.05, 3.63) is 53.9 Å². The Labute approximate surface area is 222 Å². The van der Waals surface area contributed by atoms with E-state index in [1.54, 1.807) is 18.4 Å². The van der Waals surface area contributed by atoms with E-state index in [1.807, 2.05) is 60.8 Å². The standard InChI is InChI=1S/C27H26N4O4S2/c1-16(37-27-30-29-25(24-10-6-12-36-24)31(27)15-17-7-5-11-34-17)26(32)28-20-14-22-19(13-23(20)33-2)18-8-3-4-9-21(18)35-22/h3-4,6,8-10,12-14,16-17H,5,7,11,15H2,1-2H3,(H,28,32)/t16-,17+/m1/s1. The first kappa shape index (κ1) is 24.0. The molecule has 0 aliphatic carbocycles. The summed E-state index contributed by atoms with van der Waals surface area (Å²) in [5.74, 6) is 1.21. The third-order valence-corrected chi connectivity index (χ3v) is 8.42. The number of methoxy groups -OCH3 is 1. The van der Waals surface area contributed by atoms with Crippen molar-refractivity contribution in [2.45, 2.75) is 42.8 Å². The maximum absolute atomic E-state index is 13.3. The van der Waals surface area contributed by atoms with Crippen molar-refractivity contribution in [1.82, 2.24) is 14.8 Å². The molecule has 5 aromatic rings. The number of fused-ring (bicyclic) bond motifs is 3. The fourth-order valence-corrected chi connectivity index (χ4v) is 6.16. The summed E-state index contributed by atoms with van der Waals surface area (Å²) in [6, 6.07) is 15.6. The number of hydrogen-bond donors (Lipinski definition) is 1. The van der Waals surface area contributed by atoms with Gasteiger partial charge in [-0.25, -0.2) is 0 Å². The molecule has 37 heavy (non-hydrogen) atoms. The molecular formula is C27H26N4O4S2. The lowest BCUT2D eigenvalue weighted by Crippen LogP contribution is -2.24. The van der Waals surface area contributed by atoms with Gasteiger partial charge in [-0.3, -0.25) is 9.36 Å². The number of nitrogens with zero attached hydrogens (tertiary/aromatic N) is 3. The van der Waals surface area contributed by atoms with Gasteiger partial charge in [0.2, 0.25) is 5.91 Å². The zero-order chi connectivity index (χ0) is 25.4. The van der Waals surface area contributed by atoms with E-state index in [1.165, 1.54) is 11.8 Å². The van der Waals surface area contributed by atoms with Crippen molar-refractivity contribution in [1.29, 1.82) is 0 Å². The molecule has 0 radical (unpaired) electrons. The van der Waals surface area contributed by atoms with Crippen LogP contribution in [-0.2, 0) is 16.1 Å². The predicted molar refractivity (Wildman–Crippen MR) is 147 cm³/mol. The second-order valence-electron chi connectivity index (χ2n) is 8.93. The van der Waals surface area contributed by atoms with Crippen LogP contribution < -0.4 is 10.1 Å². The van der Waals surface area contributed by atoms with Gasteiger partial charge in [0, 0.05) is 23.4 Å². The Hall–Kier alpha value is -3.34. The number of aromatic nitrogens is 3. The largest absolute Gasteiger partial charge is 0.495 e. The highest BCUT2D eigenvalue weighted by atomic mass is 32.2. The van der Waals surface area contributed by atoms with Crippen molar-refractivity contribution < 1.29 is 18.7 Å². The van der Waals surface area contributed by atoms with Crippen molar-refractivity contribution in [3.8, 4) is 16.5 Å². The molecule has 1 saturated heterocycles. The summed E-state index contributed by atoms with van der Waals surface area (Å²) in [5.41, 5.74) is 2.04. The average molecular weight is 535 g/mol. The summed E-state index contributed by atoms with van der Waals surface area (Å²) in [7, 11) is 1.59. The van der Waals surface area contributed by atoms with E-state index in [4.69, 9.17) is 13.9 Å². The third kappa shape index (κ3) is 4.72. The maximum Gasteiger partial charge on any atom is 0.237 e. The number of carbonyl (C=O) groups excluding carboxylic acids is 1. The Balaban J connectivity index is 1.24. The molecule has 1 aliphatic rings. The predicted octanol–water partition coefficient (Wildman–Crippen LogP) is 6.21. The van der Waals surface area contributed by atoms with Crippen LogP contribution in [0.5, 0.6) is 5.75 Å². The highest BCUT2D eigenvalue weighted by Gasteiger charge is 2.25. The molecule has 6 rings (SSSR count). The lowest BCUT2D eigenvalue weighted by Gasteiger charge is -2.17. The molecule has 0 saturated carbocycles. The van der Waals surface area contributed by atoms with Crippen molar-refractivity contribution in [2.24, 2.45) is 0 Å². The molecule has 0 unspecified atom stereocenters. The van der Waals surface area contributed by atoms with Crippen LogP contribution in [-0.4, -0.2) is 45.7 Å². The van der Waals surface area contributed by atoms with Gasteiger partial charge >= 0.3 is 0 Å². The van der Waals surface area contributed by atoms with Gasteiger partial charge in [0.1, 0.15) is 16.9 Å². The molecule has 190 valence electrons. The first-order valence-electron chi connectivity index (χ1n) is 12.2. The Bertz CT molecular complexity index is 1550. The number of para-hydroxylation sites is 1. The van der Waals surface area contributed by atoms with E-state index < -0.39 is 5.25 Å². The van der Waals surface area contributed by atoms with Crippen LogP contribution in [0.25, 0.3) is 32.6 Å². The van der Waals surface area contributed by atoms with Crippen LogP contribution in [0.3, 0.4) is 0 Å². The fraction of sp³-hybridized carbons (Fsp3) is 0.296. The molecule has 2 atom stereocenters. The van der Waals surface area contributed by atoms with Gasteiger partial charge in [-0.15, -0.1) is 21.5 Å². The summed E-state index contributed by atoms with van der Waals surface area (Å²) < 4.78 is 19.6. The van der Waals surface area contributed by atoms with E-state index in [9.17, 15) is 4.79 Å². The topological polar surface area (TPSA) is 91.4 Å². The van der Waals surface area contributed by atoms with Crippen molar-refractivity contribution >= 4 is 56.6 Å². The number of rotatable bonds is 8. The molecule has 0 spiro atoms. The van der Waals surface area contributed by atoms with Crippen molar-refractivity contribution in [2.75, 3.05) is 19.0 Å². The number of thioether (sulfide) groups is 1. The minimum absolute atomic E-state index is 0.123. The SMILES string of the molecule is COc1cc2c(cc1NC(=O)[C@@H](C)Sc1nnc(-c3cccs3)n1C[C@@H]1CCCO1)oc1ccccc12. The quantitative estimate of drug-likeness (QED) is 0.237. The number of thiophene rings is 1. The number of ether oxygens (including phenoxy) is 2. The number of furan rings is 1. The Morgan fingerprint density at radius 3 is 2.89 bits per heavy atom. The average Bonchev–Trinajstić information content (AvgIpc) is 3.71. The summed E-state index contributed by atoms with van der Waals surface area (Å²) in [6.45, 7) is 3.30. The second-order valence-corrected chi connectivity index (χ2v) is 11.2. The molecule has 8 nitrogen and oxygen atoms in total. The Morgan fingerprint density at radius 2 is 2.11 bits per heavy atom. The van der Waals surface area contributed by atoms with E-state index in [2.05, 4.69) is 20.1 Å². The molecule has 0 bridgehead atoms. The van der Waals surface area contributed by atoms with E-state index in [0.29, 0.717) is 28.7 Å². The molecule has 1 aliphatic heterocycles. The summed E-state index contributed by atoms with van der Waals surface area (Å²) in [5, 5.41) is 16.2. The summed E-state index contributed by atoms with van der Waals surface area (Å²) in [4.78, 5) is 14.3. The normalized spacial score (nSPS) is 16.4. The number of hydrogen-bond acceptors (Lipinski definition) is 8. The molecule has 10 heteroatoms. The van der Waals surface area contributed by atoms with Crippen LogP contribution in [0.4, 0.5) is 5.69 Å². The monoisotopic (exact) mass is 534 g/mol. The van der Waals surface area contributed by atoms with Crippen LogP contribution in [0, 0.1) is 0 Å². The number of amides is 1. The molecule has 2 aromatic carbocycles. The summed E-state index contributed by atoms with van der Waals surface area (Å²) >= 11 is 3.00. The van der Waals surface area contributed by atoms with Gasteiger partial charge in [-0.1, -0.05) is 36.0 Å². The van der Waals surface area contributed by atoms with Gasteiger partial charge in [0.05, 0.1) is 35.6 Å².